The summed E-state index contributed by atoms with van der Waals surface area (Å²) < 4.78 is 5.33. The largest absolute Gasteiger partial charge is 0.508 e. The summed E-state index contributed by atoms with van der Waals surface area (Å²) >= 11 is 5.32. The van der Waals surface area contributed by atoms with Gasteiger partial charge in [-0.2, -0.15) is 0 Å². The molecule has 3 rings (SSSR count). The number of phenols is 2. The van der Waals surface area contributed by atoms with E-state index in [1.807, 2.05) is 36.4 Å². The zero-order valence-electron chi connectivity index (χ0n) is 15.4. The van der Waals surface area contributed by atoms with Crippen LogP contribution in [0.3, 0.4) is 0 Å². The molecule has 0 radical (unpaired) electrons. The van der Waals surface area contributed by atoms with Crippen LogP contribution in [-0.4, -0.2) is 27.8 Å². The number of carbonyl (C=O) groups excluding carboxylic acids is 1. The molecule has 0 saturated heterocycles. The van der Waals surface area contributed by atoms with Crippen molar-refractivity contribution in [2.45, 2.75) is 0 Å². The van der Waals surface area contributed by atoms with Crippen LogP contribution in [0, 0.1) is 0 Å². The van der Waals surface area contributed by atoms with Crippen LogP contribution in [0.2, 0.25) is 0 Å². The third kappa shape index (κ3) is 5.43. The van der Waals surface area contributed by atoms with Crippen molar-refractivity contribution in [2.75, 3.05) is 11.9 Å². The molecule has 5 nitrogen and oxygen atoms in total. The summed E-state index contributed by atoms with van der Waals surface area (Å²) in [5.41, 5.74) is 2.14. The normalized spacial score (nSPS) is 10.6. The lowest BCUT2D eigenvalue weighted by Gasteiger charge is -2.13. The Morgan fingerprint density at radius 1 is 0.966 bits per heavy atom. The van der Waals surface area contributed by atoms with Crippen LogP contribution in [0.4, 0.5) is 5.69 Å². The zero-order valence-corrected chi connectivity index (χ0v) is 16.2. The van der Waals surface area contributed by atoms with Crippen LogP contribution < -0.4 is 5.32 Å². The average Bonchev–Trinajstić information content (AvgIpc) is 2.72. The van der Waals surface area contributed by atoms with Crippen molar-refractivity contribution in [2.24, 2.45) is 0 Å². The molecule has 0 aliphatic carbocycles. The number of para-hydroxylation sites is 1. The van der Waals surface area contributed by atoms with Crippen molar-refractivity contribution in [3.63, 3.8) is 0 Å². The van der Waals surface area contributed by atoms with Crippen LogP contribution in [0.5, 0.6) is 11.5 Å². The van der Waals surface area contributed by atoms with E-state index in [4.69, 9.17) is 17.0 Å². The topological polar surface area (TPSA) is 78.8 Å². The minimum Gasteiger partial charge on any atom is -0.508 e. The molecule has 29 heavy (non-hydrogen) atoms. The number of nitrogens with one attached hydrogen (secondary N) is 1. The molecule has 0 heterocycles. The van der Waals surface area contributed by atoms with Gasteiger partial charge < -0.3 is 20.3 Å². The van der Waals surface area contributed by atoms with Gasteiger partial charge in [0, 0.05) is 6.07 Å². The van der Waals surface area contributed by atoms with Gasteiger partial charge in [-0.05, 0) is 35.9 Å². The van der Waals surface area contributed by atoms with E-state index in [0.717, 1.165) is 5.56 Å². The van der Waals surface area contributed by atoms with Crippen LogP contribution in [0.25, 0.3) is 6.08 Å². The van der Waals surface area contributed by atoms with Gasteiger partial charge in [-0.15, -0.1) is 0 Å². The number of ether oxygens (including phenoxy) is 1. The van der Waals surface area contributed by atoms with E-state index in [0.29, 0.717) is 16.8 Å². The van der Waals surface area contributed by atoms with Gasteiger partial charge in [0.1, 0.15) is 23.1 Å². The van der Waals surface area contributed by atoms with E-state index in [-0.39, 0.29) is 23.1 Å². The highest BCUT2D eigenvalue weighted by Gasteiger charge is 2.15. The molecule has 0 unspecified atom stereocenters. The predicted molar refractivity (Wildman–Crippen MR) is 117 cm³/mol. The molecule has 0 bridgehead atoms. The summed E-state index contributed by atoms with van der Waals surface area (Å²) in [6.45, 7) is 0.130. The number of carbonyl (C=O) groups is 1. The van der Waals surface area contributed by atoms with Crippen LogP contribution in [0.15, 0.2) is 78.9 Å². The molecule has 0 aliphatic rings. The number of rotatable bonds is 6. The fraction of sp³-hybridized carbons (Fsp3) is 0.0435. The Morgan fingerprint density at radius 2 is 1.69 bits per heavy atom. The Labute approximate surface area is 173 Å². The molecular weight excluding hydrogens is 386 g/mol. The first-order chi connectivity index (χ1) is 14.0. The molecule has 0 fully saturated rings. The van der Waals surface area contributed by atoms with E-state index in [1.165, 1.54) is 18.2 Å². The summed E-state index contributed by atoms with van der Waals surface area (Å²) in [4.78, 5) is 12.7. The van der Waals surface area contributed by atoms with Crippen molar-refractivity contribution in [1.29, 1.82) is 0 Å². The Hall–Kier alpha value is -3.64. The lowest BCUT2D eigenvalue weighted by atomic mass is 10.1. The standard InChI is InChI=1S/C23H19NO4S/c25-17-12-13-19(21(26)15-17)22(29)24-20-11-5-4-10-18(20)23(27)28-14-6-9-16-7-2-1-3-8-16/h1-13,15,25-26H,14H2,(H,24,29)/b9-6+. The molecule has 3 aromatic carbocycles. The van der Waals surface area contributed by atoms with Crippen LogP contribution >= 0.6 is 12.2 Å². The molecule has 146 valence electrons. The van der Waals surface area contributed by atoms with Crippen molar-refractivity contribution >= 4 is 34.9 Å². The first-order valence-corrected chi connectivity index (χ1v) is 9.26. The van der Waals surface area contributed by atoms with Gasteiger partial charge in [-0.25, -0.2) is 4.79 Å². The summed E-state index contributed by atoms with van der Waals surface area (Å²) in [5.74, 6) is -0.723. The molecule has 6 heteroatoms. The molecule has 3 N–H and O–H groups in total. The highest BCUT2D eigenvalue weighted by atomic mass is 32.1. The van der Waals surface area contributed by atoms with Crippen molar-refractivity contribution in [1.82, 2.24) is 0 Å². The molecular formula is C23H19NO4S. The summed E-state index contributed by atoms with van der Waals surface area (Å²) in [7, 11) is 0. The fourth-order valence-corrected chi connectivity index (χ4v) is 2.90. The lowest BCUT2D eigenvalue weighted by Crippen LogP contribution is -2.15. The van der Waals surface area contributed by atoms with Crippen LogP contribution in [-0.2, 0) is 4.74 Å². The molecule has 0 aromatic heterocycles. The summed E-state index contributed by atoms with van der Waals surface area (Å²) in [5, 5.41) is 22.3. The SMILES string of the molecule is O=C(OC/C=C/c1ccccc1)c1ccccc1NC(=S)c1ccc(O)cc1O. The first-order valence-electron chi connectivity index (χ1n) is 8.85. The molecule has 3 aromatic rings. The minimum atomic E-state index is -0.497. The number of hydrogen-bond acceptors (Lipinski definition) is 5. The van der Waals surface area contributed by atoms with Gasteiger partial charge in [0.15, 0.2) is 0 Å². The summed E-state index contributed by atoms with van der Waals surface area (Å²) in [6.07, 6.45) is 3.64. The Balaban J connectivity index is 1.67. The third-order valence-corrected chi connectivity index (χ3v) is 4.36. The second kappa shape index (κ2) is 9.52. The number of anilines is 1. The quantitative estimate of drug-likeness (QED) is 0.406. The van der Waals surface area contributed by atoms with Gasteiger partial charge in [0.05, 0.1) is 16.8 Å². The maximum absolute atomic E-state index is 12.5. The van der Waals surface area contributed by atoms with E-state index >= 15 is 0 Å². The van der Waals surface area contributed by atoms with Gasteiger partial charge in [0.2, 0.25) is 0 Å². The first kappa shape index (κ1) is 20.1. The number of phenolic OH excluding ortho intramolecular Hbond substituents is 2. The lowest BCUT2D eigenvalue weighted by molar-refractivity contribution is 0.0551. The smallest absolute Gasteiger partial charge is 0.340 e. The number of esters is 1. The zero-order chi connectivity index (χ0) is 20.6. The number of thiocarbonyl (C=S) groups is 1. The molecule has 0 atom stereocenters. The van der Waals surface area contributed by atoms with E-state index in [2.05, 4.69) is 5.32 Å². The third-order valence-electron chi connectivity index (χ3n) is 4.04. The number of hydrogen-bond donors (Lipinski definition) is 3. The molecule has 0 aliphatic heterocycles. The second-order valence-corrected chi connectivity index (χ2v) is 6.52. The predicted octanol–water partition coefficient (Wildman–Crippen LogP) is 4.76. The highest BCUT2D eigenvalue weighted by molar-refractivity contribution is 7.81. The Morgan fingerprint density at radius 3 is 2.45 bits per heavy atom. The maximum Gasteiger partial charge on any atom is 0.340 e. The van der Waals surface area contributed by atoms with Gasteiger partial charge in [0.25, 0.3) is 0 Å². The summed E-state index contributed by atoms with van der Waals surface area (Å²) in [6, 6.07) is 20.6. The van der Waals surface area contributed by atoms with Crippen molar-refractivity contribution in [3.8, 4) is 11.5 Å². The van der Waals surface area contributed by atoms with E-state index in [9.17, 15) is 15.0 Å². The second-order valence-electron chi connectivity index (χ2n) is 6.11. The van der Waals surface area contributed by atoms with Gasteiger partial charge >= 0.3 is 5.97 Å². The molecule has 0 amide bonds. The number of benzene rings is 3. The van der Waals surface area contributed by atoms with Crippen molar-refractivity contribution < 1.29 is 19.7 Å². The Bertz CT molecular complexity index is 1050. The average molecular weight is 405 g/mol. The fourth-order valence-electron chi connectivity index (χ4n) is 2.62. The Kier molecular flexibility index (Phi) is 6.60. The van der Waals surface area contributed by atoms with Crippen LogP contribution in [0.1, 0.15) is 21.5 Å². The monoisotopic (exact) mass is 405 g/mol. The van der Waals surface area contributed by atoms with Crippen molar-refractivity contribution in [3.05, 3.63) is 95.6 Å². The van der Waals surface area contributed by atoms with E-state index < -0.39 is 5.97 Å². The van der Waals surface area contributed by atoms with Gasteiger partial charge in [-0.3, -0.25) is 0 Å². The van der Waals surface area contributed by atoms with Gasteiger partial charge in [-0.1, -0.05) is 60.8 Å². The number of aromatic hydroxyl groups is 2. The molecule has 0 spiro atoms. The molecule has 0 saturated carbocycles. The van der Waals surface area contributed by atoms with E-state index in [1.54, 1.807) is 30.3 Å². The minimum absolute atomic E-state index is 0.0680. The maximum atomic E-state index is 12.5. The highest BCUT2D eigenvalue weighted by Crippen LogP contribution is 2.25.